The maximum absolute atomic E-state index is 12.5. The first-order valence-electron chi connectivity index (χ1n) is 8.15. The van der Waals surface area contributed by atoms with Crippen LogP contribution in [0, 0.1) is 0 Å². The van der Waals surface area contributed by atoms with E-state index < -0.39 is 5.97 Å². The fourth-order valence-electron chi connectivity index (χ4n) is 2.21. The number of thiocarbonyl (C=S) groups is 1. The van der Waals surface area contributed by atoms with Crippen LogP contribution in [0.15, 0.2) is 41.5 Å². The molecule has 148 valence electrons. The van der Waals surface area contributed by atoms with Crippen LogP contribution in [0.2, 0.25) is 0 Å². The Bertz CT molecular complexity index is 843. The van der Waals surface area contributed by atoms with Crippen molar-refractivity contribution in [1.29, 1.82) is 0 Å². The largest absolute Gasteiger partial charge is 0.493 e. The zero-order chi connectivity index (χ0) is 20.5. The zero-order valence-corrected chi connectivity index (χ0v) is 16.8. The Labute approximate surface area is 168 Å². The number of ether oxygens (including phenoxy) is 4. The van der Waals surface area contributed by atoms with E-state index in [0.29, 0.717) is 28.1 Å². The van der Waals surface area contributed by atoms with E-state index in [0.717, 1.165) is 5.56 Å². The van der Waals surface area contributed by atoms with Crippen LogP contribution in [0.4, 0.5) is 0 Å². The lowest BCUT2D eigenvalue weighted by Crippen LogP contribution is -2.28. The van der Waals surface area contributed by atoms with Gasteiger partial charge < -0.3 is 24.3 Å². The lowest BCUT2D eigenvalue weighted by molar-refractivity contribution is 0.0734. The Balaban J connectivity index is 2.11. The van der Waals surface area contributed by atoms with Gasteiger partial charge in [-0.05, 0) is 54.2 Å². The number of nitrogens with zero attached hydrogens (tertiary/aromatic N) is 1. The van der Waals surface area contributed by atoms with Crippen molar-refractivity contribution in [3.8, 4) is 23.0 Å². The second kappa shape index (κ2) is 10.1. The van der Waals surface area contributed by atoms with Gasteiger partial charge in [-0.1, -0.05) is 0 Å². The van der Waals surface area contributed by atoms with Crippen LogP contribution in [-0.4, -0.2) is 45.7 Å². The number of rotatable bonds is 7. The van der Waals surface area contributed by atoms with Gasteiger partial charge in [0.05, 0.1) is 33.1 Å². The van der Waals surface area contributed by atoms with Crippen LogP contribution in [0.1, 0.15) is 15.9 Å². The number of hydrogen-bond donors (Lipinski definition) is 2. The second-order valence-electron chi connectivity index (χ2n) is 5.32. The van der Waals surface area contributed by atoms with Crippen molar-refractivity contribution in [3.63, 3.8) is 0 Å². The van der Waals surface area contributed by atoms with Gasteiger partial charge >= 0.3 is 5.97 Å². The number of nitrogens with one attached hydrogen (secondary N) is 2. The zero-order valence-electron chi connectivity index (χ0n) is 15.9. The van der Waals surface area contributed by atoms with Crippen LogP contribution in [0.5, 0.6) is 23.0 Å². The van der Waals surface area contributed by atoms with Gasteiger partial charge in [-0.15, -0.1) is 0 Å². The smallest absolute Gasteiger partial charge is 0.343 e. The lowest BCUT2D eigenvalue weighted by Gasteiger charge is -2.13. The van der Waals surface area contributed by atoms with Crippen LogP contribution in [0.3, 0.4) is 0 Å². The minimum Gasteiger partial charge on any atom is -0.493 e. The van der Waals surface area contributed by atoms with E-state index in [1.54, 1.807) is 37.5 Å². The molecular weight excluding hydrogens is 382 g/mol. The van der Waals surface area contributed by atoms with E-state index >= 15 is 0 Å². The van der Waals surface area contributed by atoms with Gasteiger partial charge in [-0.3, -0.25) is 5.43 Å². The van der Waals surface area contributed by atoms with Crippen LogP contribution in [0.25, 0.3) is 0 Å². The predicted molar refractivity (Wildman–Crippen MR) is 110 cm³/mol. The molecule has 0 aromatic heterocycles. The van der Waals surface area contributed by atoms with Crippen molar-refractivity contribution in [2.24, 2.45) is 5.10 Å². The van der Waals surface area contributed by atoms with Gasteiger partial charge in [-0.2, -0.15) is 5.10 Å². The highest BCUT2D eigenvalue weighted by Crippen LogP contribution is 2.38. The Kier molecular flexibility index (Phi) is 7.58. The van der Waals surface area contributed by atoms with E-state index in [1.807, 2.05) is 0 Å². The minimum absolute atomic E-state index is 0.268. The number of esters is 1. The Morgan fingerprint density at radius 2 is 1.64 bits per heavy atom. The summed E-state index contributed by atoms with van der Waals surface area (Å²) >= 11 is 4.92. The third kappa shape index (κ3) is 5.34. The topological polar surface area (TPSA) is 90.4 Å². The van der Waals surface area contributed by atoms with E-state index in [4.69, 9.17) is 31.2 Å². The SMILES string of the molecule is CNC(=S)N/N=C\c1ccc(OC(=O)c2cc(OC)c(OC)c(OC)c2)cc1. The molecule has 0 radical (unpaired) electrons. The Morgan fingerprint density at radius 1 is 1.04 bits per heavy atom. The number of hydrazone groups is 1. The van der Waals surface area contributed by atoms with E-state index in [2.05, 4.69) is 15.8 Å². The summed E-state index contributed by atoms with van der Waals surface area (Å²) < 4.78 is 21.2. The standard InChI is InChI=1S/C19H21N3O5S/c1-20-19(28)22-21-11-12-5-7-14(8-6-12)27-18(23)13-9-15(24-2)17(26-4)16(10-13)25-3/h5-11H,1-4H3,(H2,20,22,28)/b21-11-. The van der Waals surface area contributed by atoms with Crippen molar-refractivity contribution in [2.45, 2.75) is 0 Å². The number of methoxy groups -OCH3 is 3. The van der Waals surface area contributed by atoms with Crippen molar-refractivity contribution in [2.75, 3.05) is 28.4 Å². The van der Waals surface area contributed by atoms with Crippen molar-refractivity contribution in [1.82, 2.24) is 10.7 Å². The highest BCUT2D eigenvalue weighted by molar-refractivity contribution is 7.80. The van der Waals surface area contributed by atoms with Gasteiger partial charge in [0.2, 0.25) is 5.75 Å². The molecule has 0 atom stereocenters. The summed E-state index contributed by atoms with van der Waals surface area (Å²) in [6, 6.07) is 9.89. The first-order chi connectivity index (χ1) is 13.5. The average molecular weight is 403 g/mol. The molecule has 9 heteroatoms. The summed E-state index contributed by atoms with van der Waals surface area (Å²) in [6.45, 7) is 0. The van der Waals surface area contributed by atoms with E-state index in [1.165, 1.54) is 33.5 Å². The maximum Gasteiger partial charge on any atom is 0.343 e. The summed E-state index contributed by atoms with van der Waals surface area (Å²) in [5, 5.41) is 7.13. The van der Waals surface area contributed by atoms with Crippen LogP contribution in [-0.2, 0) is 0 Å². The third-order valence-corrected chi connectivity index (χ3v) is 3.89. The molecule has 0 aliphatic rings. The maximum atomic E-state index is 12.5. The third-order valence-electron chi connectivity index (χ3n) is 3.60. The first-order valence-corrected chi connectivity index (χ1v) is 8.56. The van der Waals surface area contributed by atoms with E-state index in [-0.39, 0.29) is 5.56 Å². The Morgan fingerprint density at radius 3 is 2.14 bits per heavy atom. The highest BCUT2D eigenvalue weighted by Gasteiger charge is 2.18. The molecule has 2 rings (SSSR count). The molecule has 0 saturated heterocycles. The van der Waals surface area contributed by atoms with Crippen LogP contribution < -0.4 is 29.7 Å². The summed E-state index contributed by atoms with van der Waals surface area (Å²) in [5.41, 5.74) is 3.72. The molecule has 2 N–H and O–H groups in total. The molecule has 0 bridgehead atoms. The molecule has 0 unspecified atom stereocenters. The molecule has 0 heterocycles. The molecule has 0 amide bonds. The molecule has 0 aliphatic heterocycles. The van der Waals surface area contributed by atoms with Gasteiger partial charge in [0.15, 0.2) is 16.6 Å². The van der Waals surface area contributed by atoms with Crippen molar-refractivity contribution in [3.05, 3.63) is 47.5 Å². The van der Waals surface area contributed by atoms with Crippen molar-refractivity contribution < 1.29 is 23.7 Å². The summed E-state index contributed by atoms with van der Waals surface area (Å²) in [4.78, 5) is 12.5. The van der Waals surface area contributed by atoms with Gasteiger partial charge in [0.25, 0.3) is 0 Å². The molecule has 0 aliphatic carbocycles. The molecule has 0 spiro atoms. The first kappa shape index (κ1) is 21.0. The van der Waals surface area contributed by atoms with Gasteiger partial charge in [0, 0.05) is 7.05 Å². The number of carbonyl (C=O) groups is 1. The van der Waals surface area contributed by atoms with Gasteiger partial charge in [0.1, 0.15) is 5.75 Å². The quantitative estimate of drug-likeness (QED) is 0.239. The second-order valence-corrected chi connectivity index (χ2v) is 5.73. The fraction of sp³-hybridized carbons (Fsp3) is 0.211. The summed E-state index contributed by atoms with van der Waals surface area (Å²) in [6.07, 6.45) is 1.59. The predicted octanol–water partition coefficient (Wildman–Crippen LogP) is 2.36. The number of benzene rings is 2. The molecule has 2 aromatic carbocycles. The van der Waals surface area contributed by atoms with Gasteiger partial charge in [-0.25, -0.2) is 4.79 Å². The molecule has 28 heavy (non-hydrogen) atoms. The Hall–Kier alpha value is -3.33. The monoisotopic (exact) mass is 403 g/mol. The van der Waals surface area contributed by atoms with Crippen LogP contribution >= 0.6 is 12.2 Å². The molecular formula is C19H21N3O5S. The molecule has 0 saturated carbocycles. The fourth-order valence-corrected chi connectivity index (χ4v) is 2.26. The summed E-state index contributed by atoms with van der Waals surface area (Å²) in [5.74, 6) is 0.965. The lowest BCUT2D eigenvalue weighted by atomic mass is 10.2. The van der Waals surface area contributed by atoms with E-state index in [9.17, 15) is 4.79 Å². The number of carbonyl (C=O) groups excluding carboxylic acids is 1. The van der Waals surface area contributed by atoms with Crippen molar-refractivity contribution >= 4 is 29.5 Å². The molecule has 8 nitrogen and oxygen atoms in total. The summed E-state index contributed by atoms with van der Waals surface area (Å²) in [7, 11) is 6.14. The molecule has 2 aromatic rings. The average Bonchev–Trinajstić information content (AvgIpc) is 2.73. The minimum atomic E-state index is -0.554. The normalized spacial score (nSPS) is 10.3. The molecule has 0 fully saturated rings. The number of hydrogen-bond acceptors (Lipinski definition) is 7. The highest BCUT2D eigenvalue weighted by atomic mass is 32.1.